The topological polar surface area (TPSA) is 138 Å². The maximum Gasteiger partial charge on any atom is 0.191 e. The zero-order chi connectivity index (χ0) is 26.9. The summed E-state index contributed by atoms with van der Waals surface area (Å²) < 4.78 is 7.61. The van der Waals surface area contributed by atoms with Gasteiger partial charge >= 0.3 is 0 Å². The van der Waals surface area contributed by atoms with E-state index in [2.05, 4.69) is 34.7 Å². The van der Waals surface area contributed by atoms with Gasteiger partial charge in [0.2, 0.25) is 0 Å². The van der Waals surface area contributed by atoms with Gasteiger partial charge in [-0.25, -0.2) is 14.6 Å². The van der Waals surface area contributed by atoms with Crippen LogP contribution in [-0.4, -0.2) is 70.9 Å². The van der Waals surface area contributed by atoms with Crippen molar-refractivity contribution in [3.8, 4) is 11.5 Å². The van der Waals surface area contributed by atoms with Gasteiger partial charge in [0.05, 0.1) is 12.1 Å². The predicted molar refractivity (Wildman–Crippen MR) is 148 cm³/mol. The van der Waals surface area contributed by atoms with E-state index in [9.17, 15) is 15.3 Å². The highest BCUT2D eigenvalue weighted by molar-refractivity contribution is 7.99. The van der Waals surface area contributed by atoms with Crippen molar-refractivity contribution < 1.29 is 20.1 Å². The first-order valence-corrected chi connectivity index (χ1v) is 14.4. The number of benzene rings is 2. The van der Waals surface area contributed by atoms with Crippen molar-refractivity contribution in [2.45, 2.75) is 61.6 Å². The lowest BCUT2D eigenvalue weighted by Gasteiger charge is -2.17. The van der Waals surface area contributed by atoms with Crippen molar-refractivity contribution in [3.63, 3.8) is 0 Å². The Morgan fingerprint density at radius 1 is 1.03 bits per heavy atom. The molecule has 0 radical (unpaired) electrons. The summed E-state index contributed by atoms with van der Waals surface area (Å²) in [6.45, 7) is 1.90. The van der Waals surface area contributed by atoms with Gasteiger partial charge in [0.1, 0.15) is 17.6 Å². The normalized spacial score (nSPS) is 26.2. The maximum absolute atomic E-state index is 10.7. The molecule has 2 aliphatic rings. The molecule has 6 rings (SSSR count). The van der Waals surface area contributed by atoms with Crippen LogP contribution in [-0.2, 0) is 0 Å². The molecule has 39 heavy (non-hydrogen) atoms. The fourth-order valence-electron chi connectivity index (χ4n) is 5.25. The van der Waals surface area contributed by atoms with Crippen molar-refractivity contribution in [1.82, 2.24) is 25.0 Å². The molecular weight excluding hydrogens is 516 g/mol. The van der Waals surface area contributed by atoms with E-state index in [0.717, 1.165) is 30.1 Å². The first-order chi connectivity index (χ1) is 19.1. The van der Waals surface area contributed by atoms with Gasteiger partial charge in [0, 0.05) is 30.2 Å². The van der Waals surface area contributed by atoms with Crippen molar-refractivity contribution in [1.29, 1.82) is 0 Å². The number of fused-ring (bicyclic) bond motifs is 1. The van der Waals surface area contributed by atoms with Crippen molar-refractivity contribution in [3.05, 3.63) is 60.2 Å². The Labute approximate surface area is 230 Å². The van der Waals surface area contributed by atoms with E-state index in [1.807, 2.05) is 42.5 Å². The van der Waals surface area contributed by atoms with E-state index in [-0.39, 0.29) is 12.6 Å². The largest absolute Gasteiger partial charge is 0.457 e. The molecule has 2 aliphatic carbocycles. The molecule has 6 atom stereocenters. The van der Waals surface area contributed by atoms with Crippen LogP contribution in [0.5, 0.6) is 11.5 Å². The average Bonchev–Trinajstić information content (AvgIpc) is 3.50. The summed E-state index contributed by atoms with van der Waals surface area (Å²) in [6.07, 6.45) is 0.208. The molecule has 2 heterocycles. The highest BCUT2D eigenvalue weighted by Gasteiger charge is 2.44. The molecule has 10 nitrogen and oxygen atoms in total. The Morgan fingerprint density at radius 2 is 1.85 bits per heavy atom. The number of aromatic nitrogens is 5. The summed E-state index contributed by atoms with van der Waals surface area (Å²) in [5.41, 5.74) is 2.22. The number of thioether (sulfide) groups is 1. The Morgan fingerprint density at radius 3 is 2.62 bits per heavy atom. The summed E-state index contributed by atoms with van der Waals surface area (Å²) in [4.78, 5) is 9.50. The minimum atomic E-state index is -1.07. The second kappa shape index (κ2) is 11.1. The van der Waals surface area contributed by atoms with Crippen molar-refractivity contribution >= 4 is 28.7 Å². The van der Waals surface area contributed by atoms with Crippen LogP contribution in [0.25, 0.3) is 11.2 Å². The number of nitrogens with zero attached hydrogens (tertiary/aromatic N) is 5. The van der Waals surface area contributed by atoms with Gasteiger partial charge in [-0.2, -0.15) is 0 Å². The van der Waals surface area contributed by atoms with Crippen LogP contribution < -0.4 is 10.1 Å². The smallest absolute Gasteiger partial charge is 0.191 e. The second-order valence-electron chi connectivity index (χ2n) is 10.2. The van der Waals surface area contributed by atoms with E-state index in [1.54, 1.807) is 16.4 Å². The lowest BCUT2D eigenvalue weighted by Crippen LogP contribution is -2.30. The van der Waals surface area contributed by atoms with Crippen LogP contribution in [0.1, 0.15) is 43.7 Å². The number of nitrogens with one attached hydrogen (secondary N) is 1. The molecule has 11 heteroatoms. The van der Waals surface area contributed by atoms with Crippen LogP contribution >= 0.6 is 11.8 Å². The first kappa shape index (κ1) is 26.0. The summed E-state index contributed by atoms with van der Waals surface area (Å²) in [5.74, 6) is 2.95. The van der Waals surface area contributed by atoms with Crippen LogP contribution in [0.3, 0.4) is 0 Å². The number of rotatable bonds is 10. The summed E-state index contributed by atoms with van der Waals surface area (Å²) in [5, 5.41) is 43.5. The quantitative estimate of drug-likeness (QED) is 0.171. The van der Waals surface area contributed by atoms with Gasteiger partial charge in [-0.05, 0) is 49.1 Å². The first-order valence-electron chi connectivity index (χ1n) is 13.4. The summed E-state index contributed by atoms with van der Waals surface area (Å²) >= 11 is 1.56. The van der Waals surface area contributed by atoms with Gasteiger partial charge in [-0.15, -0.1) is 5.10 Å². The van der Waals surface area contributed by atoms with Crippen molar-refractivity contribution in [2.75, 3.05) is 17.7 Å². The average molecular weight is 549 g/mol. The number of para-hydroxylation sites is 1. The van der Waals surface area contributed by atoms with E-state index >= 15 is 0 Å². The molecule has 2 saturated carbocycles. The highest BCUT2D eigenvalue weighted by Crippen LogP contribution is 2.45. The van der Waals surface area contributed by atoms with Gasteiger partial charge in [-0.1, -0.05) is 54.2 Å². The molecule has 0 bridgehead atoms. The third-order valence-corrected chi connectivity index (χ3v) is 8.49. The number of ether oxygens (including phenoxy) is 1. The van der Waals surface area contributed by atoms with Crippen LogP contribution in [0.15, 0.2) is 59.8 Å². The molecule has 2 unspecified atom stereocenters. The Hall–Kier alpha value is -3.25. The molecular formula is C28H32N6O4S. The number of hydrogen-bond acceptors (Lipinski definition) is 10. The summed E-state index contributed by atoms with van der Waals surface area (Å²) in [7, 11) is 0. The van der Waals surface area contributed by atoms with E-state index in [0.29, 0.717) is 34.5 Å². The molecule has 2 aromatic heterocycles. The minimum Gasteiger partial charge on any atom is -0.457 e. The molecule has 4 N–H and O–H groups in total. The zero-order valence-corrected chi connectivity index (χ0v) is 22.4. The summed E-state index contributed by atoms with van der Waals surface area (Å²) in [6, 6.07) is 17.5. The van der Waals surface area contributed by atoms with Gasteiger partial charge in [-0.3, -0.25) is 0 Å². The van der Waals surface area contributed by atoms with Gasteiger partial charge in [0.15, 0.2) is 22.1 Å². The molecule has 204 valence electrons. The molecule has 2 aromatic carbocycles. The molecule has 0 saturated heterocycles. The van der Waals surface area contributed by atoms with Crippen molar-refractivity contribution in [2.24, 2.45) is 5.92 Å². The predicted octanol–water partition coefficient (Wildman–Crippen LogP) is 3.76. The third kappa shape index (κ3) is 5.31. The maximum atomic E-state index is 10.7. The van der Waals surface area contributed by atoms with E-state index in [1.165, 1.54) is 5.56 Å². The van der Waals surface area contributed by atoms with Gasteiger partial charge < -0.3 is 25.4 Å². The van der Waals surface area contributed by atoms with E-state index < -0.39 is 24.2 Å². The fraction of sp³-hybridized carbons (Fsp3) is 0.429. The second-order valence-corrected chi connectivity index (χ2v) is 11.3. The standard InChI is InChI=1S/C28H32N6O4S/c1-2-11-39-28-30-26(23-27(31-28)34(33-32-23)22-13-17(15-35)24(36)25(22)37)29-21-14-20(21)16-7-6-10-19(12-16)38-18-8-4-3-5-9-18/h3-10,12,17,20-22,24-25,35-37H,2,11,13-15H2,1H3,(H,29,30,31)/t17-,20?,21?,22-,24-,25+/m1/s1. The molecule has 4 aromatic rings. The number of aliphatic hydroxyl groups excluding tert-OH is 3. The number of anilines is 1. The van der Waals surface area contributed by atoms with E-state index in [4.69, 9.17) is 14.7 Å². The monoisotopic (exact) mass is 548 g/mol. The zero-order valence-electron chi connectivity index (χ0n) is 21.6. The van der Waals surface area contributed by atoms with Gasteiger partial charge in [0.25, 0.3) is 0 Å². The minimum absolute atomic E-state index is 0.168. The molecule has 0 amide bonds. The Kier molecular flexibility index (Phi) is 7.39. The lowest BCUT2D eigenvalue weighted by atomic mass is 10.1. The number of aliphatic hydroxyl groups is 3. The Bertz CT molecular complexity index is 1440. The SMILES string of the molecule is CCCSc1nc(NC2CC2c2cccc(Oc3ccccc3)c2)c2nnn([C@@H]3C[C@H](CO)[C@@H](O)[C@H]3O)c2n1. The molecule has 0 aliphatic heterocycles. The van der Waals surface area contributed by atoms with Crippen LogP contribution in [0, 0.1) is 5.92 Å². The lowest BCUT2D eigenvalue weighted by molar-refractivity contribution is -0.00512. The fourth-order valence-corrected chi connectivity index (χ4v) is 5.94. The third-order valence-electron chi connectivity index (χ3n) is 7.44. The molecule has 0 spiro atoms. The Balaban J connectivity index is 1.24. The van der Waals surface area contributed by atoms with Crippen LogP contribution in [0.4, 0.5) is 5.82 Å². The van der Waals surface area contributed by atoms with Crippen LogP contribution in [0.2, 0.25) is 0 Å². The molecule has 2 fully saturated rings. The highest BCUT2D eigenvalue weighted by atomic mass is 32.2. The number of hydrogen-bond donors (Lipinski definition) is 4.